The second-order valence-corrected chi connectivity index (χ2v) is 6.90. The highest BCUT2D eigenvalue weighted by atomic mass is 35.5. The van der Waals surface area contributed by atoms with E-state index in [0.717, 1.165) is 0 Å². The summed E-state index contributed by atoms with van der Waals surface area (Å²) in [6, 6.07) is 6.24. The van der Waals surface area contributed by atoms with Gasteiger partial charge in [-0.2, -0.15) is 5.10 Å². The van der Waals surface area contributed by atoms with Crippen LogP contribution in [0.3, 0.4) is 0 Å². The van der Waals surface area contributed by atoms with Crippen molar-refractivity contribution in [3.05, 3.63) is 51.7 Å². The van der Waals surface area contributed by atoms with Crippen LogP contribution >= 0.6 is 11.6 Å². The van der Waals surface area contributed by atoms with Gasteiger partial charge in [0.2, 0.25) is 0 Å². The molecule has 0 amide bonds. The molecule has 0 aliphatic rings. The molecule has 0 spiro atoms. The van der Waals surface area contributed by atoms with Crippen LogP contribution in [0.15, 0.2) is 35.3 Å². The molecule has 0 atom stereocenters. The van der Waals surface area contributed by atoms with Gasteiger partial charge in [0.15, 0.2) is 11.6 Å². The number of nitrogen functional groups attached to an aromatic ring is 1. The van der Waals surface area contributed by atoms with E-state index in [1.807, 2.05) is 0 Å². The van der Waals surface area contributed by atoms with Crippen molar-refractivity contribution in [2.75, 3.05) is 5.73 Å². The quantitative estimate of drug-likeness (QED) is 0.490. The van der Waals surface area contributed by atoms with Crippen molar-refractivity contribution in [3.8, 4) is 16.9 Å². The van der Waals surface area contributed by atoms with Crippen LogP contribution in [-0.2, 0) is 0 Å². The minimum absolute atomic E-state index is 0.0226. The normalized spacial score (nSPS) is 11.6. The Balaban J connectivity index is 2.12. The van der Waals surface area contributed by atoms with Crippen molar-refractivity contribution >= 4 is 39.1 Å². The maximum absolute atomic E-state index is 14.4. The topological polar surface area (TPSA) is 96.8 Å². The number of hydrogen-bond donors (Lipinski definition) is 3. The van der Waals surface area contributed by atoms with E-state index in [4.69, 9.17) is 22.1 Å². The second-order valence-electron chi connectivity index (χ2n) is 6.49. The van der Waals surface area contributed by atoms with Gasteiger partial charge >= 0.3 is 0 Å². The highest BCUT2D eigenvalue weighted by molar-refractivity contribution is 6.35. The number of H-pyrrole nitrogens is 2. The van der Waals surface area contributed by atoms with Gasteiger partial charge < -0.3 is 15.5 Å². The monoisotopic (exact) mass is 386 g/mol. The van der Waals surface area contributed by atoms with E-state index in [9.17, 15) is 9.18 Å². The fraction of sp³-hybridized carbons (Fsp3) is 0.158. The van der Waals surface area contributed by atoms with E-state index in [0.29, 0.717) is 38.0 Å². The van der Waals surface area contributed by atoms with E-state index < -0.39 is 11.4 Å². The number of anilines is 1. The number of benzene rings is 2. The Morgan fingerprint density at radius 3 is 2.78 bits per heavy atom. The number of aromatic nitrogens is 3. The number of rotatable bonds is 3. The highest BCUT2D eigenvalue weighted by Crippen LogP contribution is 2.39. The summed E-state index contributed by atoms with van der Waals surface area (Å²) in [6.45, 7) is 3.61. The molecule has 27 heavy (non-hydrogen) atoms. The van der Waals surface area contributed by atoms with E-state index >= 15 is 0 Å². The number of halogens is 2. The van der Waals surface area contributed by atoms with Crippen molar-refractivity contribution in [1.29, 1.82) is 0 Å². The Bertz CT molecular complexity index is 1250. The lowest BCUT2D eigenvalue weighted by Crippen LogP contribution is -2.14. The first-order valence-electron chi connectivity index (χ1n) is 8.30. The first kappa shape index (κ1) is 17.4. The molecule has 6 nitrogen and oxygen atoms in total. The maximum Gasteiger partial charge on any atom is 0.272 e. The summed E-state index contributed by atoms with van der Waals surface area (Å²) < 4.78 is 20.0. The maximum atomic E-state index is 14.4. The van der Waals surface area contributed by atoms with Crippen molar-refractivity contribution in [1.82, 2.24) is 15.2 Å². The van der Waals surface area contributed by atoms with E-state index in [1.54, 1.807) is 38.2 Å². The molecule has 2 aromatic carbocycles. The van der Waals surface area contributed by atoms with Crippen LogP contribution in [0.2, 0.25) is 5.02 Å². The van der Waals surface area contributed by atoms with Gasteiger partial charge in [-0.25, -0.2) is 4.39 Å². The lowest BCUT2D eigenvalue weighted by Gasteiger charge is -2.15. The standard InChI is InChI=1S/C19H16ClFN4O2/c1-8(2)27-15-5-10-14(6-13(15)21)24-19(26)17(22)16(10)9-3-4-12(20)18-11(9)7-23-25-18/h3-8H,22H2,1-2H3,(H,23,25)(H,24,26). The van der Waals surface area contributed by atoms with Gasteiger partial charge in [0.1, 0.15) is 5.69 Å². The van der Waals surface area contributed by atoms with Crippen LogP contribution in [0.25, 0.3) is 32.9 Å². The van der Waals surface area contributed by atoms with Crippen molar-refractivity contribution in [2.24, 2.45) is 0 Å². The summed E-state index contributed by atoms with van der Waals surface area (Å²) >= 11 is 6.21. The lowest BCUT2D eigenvalue weighted by molar-refractivity contribution is 0.231. The van der Waals surface area contributed by atoms with Crippen LogP contribution in [0.4, 0.5) is 10.1 Å². The number of aromatic amines is 2. The molecule has 4 rings (SSSR count). The molecule has 4 N–H and O–H groups in total. The van der Waals surface area contributed by atoms with Crippen LogP contribution in [-0.4, -0.2) is 21.3 Å². The van der Waals surface area contributed by atoms with Gasteiger partial charge in [-0.15, -0.1) is 0 Å². The van der Waals surface area contributed by atoms with Crippen LogP contribution < -0.4 is 16.0 Å². The Kier molecular flexibility index (Phi) is 4.04. The number of nitrogens with two attached hydrogens (primary N) is 1. The Hall–Kier alpha value is -3.06. The zero-order chi connectivity index (χ0) is 19.3. The number of fused-ring (bicyclic) bond motifs is 2. The predicted molar refractivity (Wildman–Crippen MR) is 105 cm³/mol. The van der Waals surface area contributed by atoms with Gasteiger partial charge in [-0.1, -0.05) is 17.7 Å². The average molecular weight is 387 g/mol. The molecule has 0 saturated heterocycles. The predicted octanol–water partition coefficient (Wildman–Crippen LogP) is 4.23. The summed E-state index contributed by atoms with van der Waals surface area (Å²) in [7, 11) is 0. The number of hydrogen-bond acceptors (Lipinski definition) is 4. The molecule has 2 aromatic heterocycles. The molecule has 0 aliphatic carbocycles. The zero-order valence-electron chi connectivity index (χ0n) is 14.6. The highest BCUT2D eigenvalue weighted by Gasteiger charge is 2.19. The summed E-state index contributed by atoms with van der Waals surface area (Å²) in [5, 5.41) is 8.63. The summed E-state index contributed by atoms with van der Waals surface area (Å²) in [6.07, 6.45) is 1.40. The van der Waals surface area contributed by atoms with Crippen molar-refractivity contribution in [3.63, 3.8) is 0 Å². The third-order valence-electron chi connectivity index (χ3n) is 4.30. The third kappa shape index (κ3) is 2.80. The molecule has 0 saturated carbocycles. The summed E-state index contributed by atoms with van der Waals surface area (Å²) in [5.74, 6) is -0.477. The van der Waals surface area contributed by atoms with E-state index in [-0.39, 0.29) is 17.5 Å². The molecule has 0 radical (unpaired) electrons. The van der Waals surface area contributed by atoms with Gasteiger partial charge in [0.05, 0.1) is 28.4 Å². The molecular weight excluding hydrogens is 371 g/mol. The molecule has 2 heterocycles. The number of ether oxygens (including phenoxy) is 1. The van der Waals surface area contributed by atoms with Crippen molar-refractivity contribution in [2.45, 2.75) is 20.0 Å². The van der Waals surface area contributed by atoms with E-state index in [1.165, 1.54) is 6.07 Å². The molecule has 0 bridgehead atoms. The number of nitrogens with zero attached hydrogens (tertiary/aromatic N) is 1. The fourth-order valence-corrected chi connectivity index (χ4v) is 3.37. The largest absolute Gasteiger partial charge is 0.488 e. The molecule has 8 heteroatoms. The summed E-state index contributed by atoms with van der Waals surface area (Å²) in [5.41, 5.74) is 7.74. The molecule has 4 aromatic rings. The third-order valence-corrected chi connectivity index (χ3v) is 4.62. The Labute approximate surface area is 158 Å². The summed E-state index contributed by atoms with van der Waals surface area (Å²) in [4.78, 5) is 15.0. The first-order chi connectivity index (χ1) is 12.9. The smallest absolute Gasteiger partial charge is 0.272 e. The number of nitrogens with one attached hydrogen (secondary N) is 2. The Morgan fingerprint density at radius 1 is 1.26 bits per heavy atom. The minimum atomic E-state index is -0.563. The van der Waals surface area contributed by atoms with Gasteiger partial charge in [-0.3, -0.25) is 9.89 Å². The van der Waals surface area contributed by atoms with Crippen LogP contribution in [0.5, 0.6) is 5.75 Å². The fourth-order valence-electron chi connectivity index (χ4n) is 3.17. The molecular formula is C19H16ClFN4O2. The lowest BCUT2D eigenvalue weighted by atomic mass is 9.96. The molecule has 0 unspecified atom stereocenters. The van der Waals surface area contributed by atoms with E-state index in [2.05, 4.69) is 15.2 Å². The van der Waals surface area contributed by atoms with Gasteiger partial charge in [0, 0.05) is 22.4 Å². The van der Waals surface area contributed by atoms with Crippen LogP contribution in [0.1, 0.15) is 13.8 Å². The zero-order valence-corrected chi connectivity index (χ0v) is 15.3. The minimum Gasteiger partial charge on any atom is -0.488 e. The van der Waals surface area contributed by atoms with Crippen LogP contribution in [0, 0.1) is 5.82 Å². The molecule has 0 aliphatic heterocycles. The molecule has 0 fully saturated rings. The average Bonchev–Trinajstić information content (AvgIpc) is 3.09. The molecule has 138 valence electrons. The van der Waals surface area contributed by atoms with Crippen molar-refractivity contribution < 1.29 is 9.13 Å². The second kappa shape index (κ2) is 6.28. The van der Waals surface area contributed by atoms with Gasteiger partial charge in [-0.05, 0) is 31.5 Å². The number of pyridine rings is 1. The first-order valence-corrected chi connectivity index (χ1v) is 8.68. The Morgan fingerprint density at radius 2 is 2.04 bits per heavy atom. The van der Waals surface area contributed by atoms with Gasteiger partial charge in [0.25, 0.3) is 5.56 Å². The SMILES string of the molecule is CC(C)Oc1cc2c(-c3ccc(Cl)c4[nH]ncc34)c(N)c(=O)[nH]c2cc1F.